The largest absolute Gasteiger partial charge is 0.548 e. The molecule has 144 valence electrons. The van der Waals surface area contributed by atoms with Crippen LogP contribution in [-0.2, 0) is 22.4 Å². The molecule has 0 fully saturated rings. The van der Waals surface area contributed by atoms with Crippen LogP contribution in [-0.4, -0.2) is 24.0 Å². The maximum Gasteiger partial charge on any atom is 0.339 e. The summed E-state index contributed by atoms with van der Waals surface area (Å²) in [5, 5.41) is 14.4. The van der Waals surface area contributed by atoms with Crippen molar-refractivity contribution in [2.24, 2.45) is 0 Å². The minimum Gasteiger partial charge on any atom is -0.548 e. The molecule has 0 aliphatic heterocycles. The number of hydrogen-bond acceptors (Lipinski definition) is 6. The lowest BCUT2D eigenvalue weighted by atomic mass is 10.1. The topological polar surface area (TPSA) is 109 Å². The maximum absolute atomic E-state index is 12.2. The molecular weight excluding hydrogens is 350 g/mol. The van der Waals surface area contributed by atoms with Gasteiger partial charge in [0.05, 0.1) is 12.0 Å². The van der Waals surface area contributed by atoms with E-state index < -0.39 is 24.0 Å². The summed E-state index contributed by atoms with van der Waals surface area (Å²) < 4.78 is 11.0. The molecule has 27 heavy (non-hydrogen) atoms. The molecule has 0 spiro atoms. The van der Waals surface area contributed by atoms with Crippen molar-refractivity contribution in [3.05, 3.63) is 39.7 Å². The summed E-state index contributed by atoms with van der Waals surface area (Å²) in [4.78, 5) is 35.4. The third kappa shape index (κ3) is 3.97. The normalized spacial score (nSPS) is 15.2. The molecule has 1 amide bonds. The fourth-order valence-electron chi connectivity index (χ4n) is 3.42. The van der Waals surface area contributed by atoms with Crippen molar-refractivity contribution in [3.63, 3.8) is 0 Å². The lowest BCUT2D eigenvalue weighted by molar-refractivity contribution is -0.308. The van der Waals surface area contributed by atoms with E-state index >= 15 is 0 Å². The minimum atomic E-state index is -1.32. The maximum atomic E-state index is 12.2. The van der Waals surface area contributed by atoms with Crippen LogP contribution in [0, 0.1) is 0 Å². The summed E-state index contributed by atoms with van der Waals surface area (Å²) in [6, 6.07) is 4.07. The second-order valence-electron chi connectivity index (χ2n) is 6.79. The number of carbonyl (C=O) groups excluding carboxylic acids is 2. The van der Waals surface area contributed by atoms with E-state index in [1.165, 1.54) is 6.92 Å². The summed E-state index contributed by atoms with van der Waals surface area (Å²) in [5.41, 5.74) is 1.86. The Morgan fingerprint density at radius 3 is 2.74 bits per heavy atom. The molecule has 1 aromatic carbocycles. The van der Waals surface area contributed by atoms with Crippen LogP contribution < -0.4 is 20.8 Å². The molecule has 0 unspecified atom stereocenters. The van der Waals surface area contributed by atoms with Gasteiger partial charge in [-0.05, 0) is 50.3 Å². The fourth-order valence-corrected chi connectivity index (χ4v) is 3.42. The van der Waals surface area contributed by atoms with E-state index in [-0.39, 0.29) is 12.0 Å². The second-order valence-corrected chi connectivity index (χ2v) is 6.79. The molecule has 7 heteroatoms. The Morgan fingerprint density at radius 1 is 1.30 bits per heavy atom. The third-order valence-corrected chi connectivity index (χ3v) is 4.81. The highest BCUT2D eigenvalue weighted by Gasteiger charge is 2.22. The first-order valence-electron chi connectivity index (χ1n) is 9.17. The van der Waals surface area contributed by atoms with E-state index in [9.17, 15) is 19.5 Å². The summed E-state index contributed by atoms with van der Waals surface area (Å²) >= 11 is 0. The van der Waals surface area contributed by atoms with E-state index in [4.69, 9.17) is 9.15 Å². The molecule has 1 aliphatic rings. The molecule has 0 radical (unpaired) electrons. The van der Waals surface area contributed by atoms with E-state index in [1.807, 2.05) is 13.0 Å². The van der Waals surface area contributed by atoms with E-state index in [1.54, 1.807) is 12.1 Å². The number of rotatable bonds is 7. The van der Waals surface area contributed by atoms with E-state index in [0.29, 0.717) is 17.8 Å². The molecule has 0 saturated carbocycles. The fraction of sp³-hybridized carbons (Fsp3) is 0.450. The molecular formula is C20H22NO6-. The van der Waals surface area contributed by atoms with Gasteiger partial charge >= 0.3 is 5.63 Å². The van der Waals surface area contributed by atoms with Crippen molar-refractivity contribution in [3.8, 4) is 5.75 Å². The first kappa shape index (κ1) is 18.9. The molecule has 1 heterocycles. The number of aryl methyl sites for hydroxylation is 1. The highest BCUT2D eigenvalue weighted by atomic mass is 16.5. The Hall–Kier alpha value is -2.83. The lowest BCUT2D eigenvalue weighted by Gasteiger charge is -2.22. The van der Waals surface area contributed by atoms with Crippen molar-refractivity contribution in [2.75, 3.05) is 0 Å². The van der Waals surface area contributed by atoms with Gasteiger partial charge in [0.2, 0.25) is 0 Å². The second kappa shape index (κ2) is 7.82. The van der Waals surface area contributed by atoms with Crippen molar-refractivity contribution in [2.45, 2.75) is 58.1 Å². The molecule has 3 rings (SSSR count). The van der Waals surface area contributed by atoms with Crippen LogP contribution in [0.25, 0.3) is 11.0 Å². The zero-order valence-corrected chi connectivity index (χ0v) is 15.4. The van der Waals surface area contributed by atoms with Crippen molar-refractivity contribution in [1.82, 2.24) is 5.32 Å². The van der Waals surface area contributed by atoms with Gasteiger partial charge in [-0.1, -0.05) is 13.3 Å². The predicted molar refractivity (Wildman–Crippen MR) is 96.4 cm³/mol. The molecule has 1 aliphatic carbocycles. The van der Waals surface area contributed by atoms with Gasteiger partial charge in [-0.3, -0.25) is 4.79 Å². The standard InChI is InChI=1S/C20H23NO6/c1-3-5-16(19(23)24)21-18(22)11(2)26-12-8-9-14-13-6-4-7-15(13)20(25)27-17(14)10-12/h8-11,16H,3-7H2,1-2H3,(H,21,22)(H,23,24)/p-1/t11-,16-/m1/s1. The number of ether oxygens (including phenoxy) is 1. The molecule has 2 atom stereocenters. The average Bonchev–Trinajstić information content (AvgIpc) is 3.11. The third-order valence-electron chi connectivity index (χ3n) is 4.81. The minimum absolute atomic E-state index is 0.285. The van der Waals surface area contributed by atoms with Gasteiger partial charge in [-0.15, -0.1) is 0 Å². The van der Waals surface area contributed by atoms with Crippen LogP contribution in [0.1, 0.15) is 44.2 Å². The number of carboxylic acid groups (broad SMARTS) is 1. The van der Waals surface area contributed by atoms with Crippen LogP contribution in [0.4, 0.5) is 0 Å². The Bertz CT molecular complexity index is 932. The molecule has 0 saturated heterocycles. The number of carbonyl (C=O) groups is 2. The number of fused-ring (bicyclic) bond motifs is 3. The van der Waals surface area contributed by atoms with Crippen molar-refractivity contribution >= 4 is 22.8 Å². The van der Waals surface area contributed by atoms with Gasteiger partial charge in [0.1, 0.15) is 11.3 Å². The number of aliphatic carboxylic acids is 1. The highest BCUT2D eigenvalue weighted by Crippen LogP contribution is 2.29. The number of benzene rings is 1. The van der Waals surface area contributed by atoms with Crippen LogP contribution in [0.5, 0.6) is 5.75 Å². The van der Waals surface area contributed by atoms with Crippen LogP contribution >= 0.6 is 0 Å². The smallest absolute Gasteiger partial charge is 0.339 e. The first-order valence-corrected chi connectivity index (χ1v) is 9.17. The zero-order chi connectivity index (χ0) is 19.6. The van der Waals surface area contributed by atoms with E-state index in [2.05, 4.69) is 5.32 Å². The van der Waals surface area contributed by atoms with Crippen molar-refractivity contribution < 1.29 is 23.8 Å². The number of hydrogen-bond donors (Lipinski definition) is 1. The highest BCUT2D eigenvalue weighted by molar-refractivity contribution is 5.86. The number of nitrogens with one attached hydrogen (secondary N) is 1. The van der Waals surface area contributed by atoms with Crippen molar-refractivity contribution in [1.29, 1.82) is 0 Å². The number of amides is 1. The molecule has 1 N–H and O–H groups in total. The predicted octanol–water partition coefficient (Wildman–Crippen LogP) is 1.08. The number of carboxylic acids is 1. The summed E-state index contributed by atoms with van der Waals surface area (Å²) in [6.07, 6.45) is 2.49. The molecule has 0 bridgehead atoms. The molecule has 2 aromatic rings. The lowest BCUT2D eigenvalue weighted by Crippen LogP contribution is -2.51. The van der Waals surface area contributed by atoms with Gasteiger partial charge in [-0.2, -0.15) is 0 Å². The molecule has 1 aromatic heterocycles. The summed E-state index contributed by atoms with van der Waals surface area (Å²) in [6.45, 7) is 3.35. The average molecular weight is 372 g/mol. The monoisotopic (exact) mass is 372 g/mol. The van der Waals surface area contributed by atoms with Gasteiger partial charge in [0, 0.05) is 17.0 Å². The van der Waals surface area contributed by atoms with Gasteiger partial charge < -0.3 is 24.4 Å². The van der Waals surface area contributed by atoms with Gasteiger partial charge in [-0.25, -0.2) is 4.79 Å². The summed E-state index contributed by atoms with van der Waals surface area (Å²) in [7, 11) is 0. The summed E-state index contributed by atoms with van der Waals surface area (Å²) in [5.74, 6) is -1.50. The van der Waals surface area contributed by atoms with Gasteiger partial charge in [0.15, 0.2) is 6.10 Å². The van der Waals surface area contributed by atoms with Gasteiger partial charge in [0.25, 0.3) is 5.91 Å². The zero-order valence-electron chi connectivity index (χ0n) is 15.4. The Balaban J connectivity index is 1.76. The SMILES string of the molecule is CCC[C@@H](NC(=O)[C@@H](C)Oc1ccc2c3c(c(=O)oc2c1)CCC3)C(=O)[O-]. The molecule has 7 nitrogen and oxygen atoms in total. The quantitative estimate of drug-likeness (QED) is 0.729. The Labute approximate surface area is 156 Å². The van der Waals surface area contributed by atoms with Crippen LogP contribution in [0.3, 0.4) is 0 Å². The van der Waals surface area contributed by atoms with Crippen LogP contribution in [0.15, 0.2) is 27.4 Å². The Kier molecular flexibility index (Phi) is 5.48. The first-order chi connectivity index (χ1) is 12.9. The van der Waals surface area contributed by atoms with E-state index in [0.717, 1.165) is 35.8 Å². The van der Waals surface area contributed by atoms with Crippen LogP contribution in [0.2, 0.25) is 0 Å². The Morgan fingerprint density at radius 2 is 2.04 bits per heavy atom.